The Morgan fingerprint density at radius 2 is 1.89 bits per heavy atom. The molecule has 3 aromatic rings. The van der Waals surface area contributed by atoms with Crippen molar-refractivity contribution in [3.05, 3.63) is 59.2 Å². The van der Waals surface area contributed by atoms with Gasteiger partial charge in [0.1, 0.15) is 6.07 Å². The number of hydrogen-bond acceptors (Lipinski definition) is 7. The van der Waals surface area contributed by atoms with Crippen LogP contribution in [0.1, 0.15) is 23.6 Å². The van der Waals surface area contributed by atoms with Crippen LogP contribution < -0.4 is 10.6 Å². The number of nitrogens with zero attached hydrogens (tertiary/aromatic N) is 3. The standard InChI is InChI=1S/C20H19N5OS2/c1-12-7-6-10-16(13(12)2)23-19-24-25-20(28-19)27-14(3)18(26)22-17-9-5-4-8-15(17)11-21/h4-10,14H,1-3H3,(H,22,26)(H,23,24). The van der Waals surface area contributed by atoms with Crippen LogP contribution in [-0.4, -0.2) is 21.4 Å². The quantitative estimate of drug-likeness (QED) is 0.563. The third-order valence-corrected chi connectivity index (χ3v) is 6.23. The van der Waals surface area contributed by atoms with Crippen LogP contribution in [0.4, 0.5) is 16.5 Å². The summed E-state index contributed by atoms with van der Waals surface area (Å²) < 4.78 is 0.698. The minimum absolute atomic E-state index is 0.188. The zero-order chi connectivity index (χ0) is 20.1. The van der Waals surface area contributed by atoms with Crippen LogP contribution in [0.15, 0.2) is 46.8 Å². The molecule has 2 N–H and O–H groups in total. The third-order valence-electron chi connectivity index (χ3n) is 4.20. The number of nitriles is 1. The van der Waals surface area contributed by atoms with E-state index in [9.17, 15) is 4.79 Å². The molecule has 0 fully saturated rings. The molecule has 3 rings (SSSR count). The maximum absolute atomic E-state index is 12.5. The average molecular weight is 410 g/mol. The molecule has 28 heavy (non-hydrogen) atoms. The maximum atomic E-state index is 12.5. The predicted octanol–water partition coefficient (Wildman–Crippen LogP) is 4.89. The van der Waals surface area contributed by atoms with Crippen LogP contribution in [0.3, 0.4) is 0 Å². The first kappa shape index (κ1) is 19.9. The Morgan fingerprint density at radius 3 is 2.68 bits per heavy atom. The van der Waals surface area contributed by atoms with E-state index in [-0.39, 0.29) is 11.2 Å². The van der Waals surface area contributed by atoms with Crippen molar-refractivity contribution in [3.63, 3.8) is 0 Å². The number of nitrogens with one attached hydrogen (secondary N) is 2. The lowest BCUT2D eigenvalue weighted by atomic mass is 10.1. The Kier molecular flexibility index (Phi) is 6.29. The topological polar surface area (TPSA) is 90.7 Å². The molecule has 0 aliphatic rings. The first-order valence-corrected chi connectivity index (χ1v) is 10.3. The van der Waals surface area contributed by atoms with E-state index >= 15 is 0 Å². The number of thioether (sulfide) groups is 1. The molecule has 0 saturated carbocycles. The van der Waals surface area contributed by atoms with Gasteiger partial charge in [-0.3, -0.25) is 4.79 Å². The number of benzene rings is 2. The molecule has 1 aromatic heterocycles. The summed E-state index contributed by atoms with van der Waals surface area (Å²) in [6.07, 6.45) is 0. The number of rotatable bonds is 6. The van der Waals surface area contributed by atoms with Gasteiger partial charge < -0.3 is 10.6 Å². The number of carbonyl (C=O) groups is 1. The Hall–Kier alpha value is -2.89. The zero-order valence-electron chi connectivity index (χ0n) is 15.7. The molecular weight excluding hydrogens is 390 g/mol. The van der Waals surface area contributed by atoms with Crippen molar-refractivity contribution in [2.45, 2.75) is 30.4 Å². The molecular formula is C20H19N5OS2. The lowest BCUT2D eigenvalue weighted by Crippen LogP contribution is -2.22. The number of para-hydroxylation sites is 1. The molecule has 1 unspecified atom stereocenters. The molecule has 1 amide bonds. The van der Waals surface area contributed by atoms with Crippen LogP contribution in [0.2, 0.25) is 0 Å². The van der Waals surface area contributed by atoms with Gasteiger partial charge in [0.2, 0.25) is 11.0 Å². The predicted molar refractivity (Wildman–Crippen MR) is 114 cm³/mol. The van der Waals surface area contributed by atoms with Crippen molar-refractivity contribution < 1.29 is 4.79 Å². The summed E-state index contributed by atoms with van der Waals surface area (Å²) in [5.74, 6) is -0.188. The number of carbonyl (C=O) groups excluding carboxylic acids is 1. The summed E-state index contributed by atoms with van der Waals surface area (Å²) in [6, 6.07) is 15.1. The van der Waals surface area contributed by atoms with Gasteiger partial charge in [-0.1, -0.05) is 47.4 Å². The highest BCUT2D eigenvalue weighted by molar-refractivity contribution is 8.02. The lowest BCUT2D eigenvalue weighted by Gasteiger charge is -2.11. The van der Waals surface area contributed by atoms with E-state index in [1.165, 1.54) is 28.7 Å². The van der Waals surface area contributed by atoms with Gasteiger partial charge in [0.25, 0.3) is 0 Å². The second kappa shape index (κ2) is 8.87. The fraction of sp³-hybridized carbons (Fsp3) is 0.200. The fourth-order valence-electron chi connectivity index (χ4n) is 2.44. The highest BCUT2D eigenvalue weighted by Crippen LogP contribution is 2.32. The lowest BCUT2D eigenvalue weighted by molar-refractivity contribution is -0.115. The molecule has 8 heteroatoms. The number of aromatic nitrogens is 2. The Balaban J connectivity index is 1.63. The van der Waals surface area contributed by atoms with Crippen molar-refractivity contribution in [3.8, 4) is 6.07 Å². The van der Waals surface area contributed by atoms with Crippen molar-refractivity contribution in [2.75, 3.05) is 10.6 Å². The third kappa shape index (κ3) is 4.68. The van der Waals surface area contributed by atoms with Gasteiger partial charge in [-0.05, 0) is 50.1 Å². The van der Waals surface area contributed by atoms with E-state index < -0.39 is 0 Å². The van der Waals surface area contributed by atoms with Gasteiger partial charge in [-0.25, -0.2) is 0 Å². The second-order valence-corrected chi connectivity index (χ2v) is 8.72. The molecule has 1 atom stereocenters. The minimum Gasteiger partial charge on any atom is -0.330 e. The highest BCUT2D eigenvalue weighted by Gasteiger charge is 2.18. The molecule has 0 radical (unpaired) electrons. The first-order valence-electron chi connectivity index (χ1n) is 8.61. The van der Waals surface area contributed by atoms with Gasteiger partial charge in [0, 0.05) is 5.69 Å². The summed E-state index contributed by atoms with van der Waals surface area (Å²) in [7, 11) is 0. The summed E-state index contributed by atoms with van der Waals surface area (Å²) in [5.41, 5.74) is 4.30. The van der Waals surface area contributed by atoms with Gasteiger partial charge in [-0.15, -0.1) is 10.2 Å². The van der Waals surface area contributed by atoms with Gasteiger partial charge in [-0.2, -0.15) is 5.26 Å². The molecule has 0 aliphatic carbocycles. The Bertz CT molecular complexity index is 1040. The van der Waals surface area contributed by atoms with Gasteiger partial charge in [0.15, 0.2) is 4.34 Å². The van der Waals surface area contributed by atoms with Crippen LogP contribution in [0, 0.1) is 25.2 Å². The fourth-order valence-corrected chi connectivity index (χ4v) is 4.35. The van der Waals surface area contributed by atoms with E-state index in [2.05, 4.69) is 46.8 Å². The van der Waals surface area contributed by atoms with Crippen molar-refractivity contribution in [1.29, 1.82) is 5.26 Å². The van der Waals surface area contributed by atoms with Crippen LogP contribution in [-0.2, 0) is 4.79 Å². The maximum Gasteiger partial charge on any atom is 0.237 e. The monoisotopic (exact) mass is 409 g/mol. The van der Waals surface area contributed by atoms with Crippen molar-refractivity contribution >= 4 is 45.5 Å². The van der Waals surface area contributed by atoms with Gasteiger partial charge >= 0.3 is 0 Å². The number of anilines is 3. The molecule has 0 saturated heterocycles. The molecule has 0 aliphatic heterocycles. The highest BCUT2D eigenvalue weighted by atomic mass is 32.2. The number of amides is 1. The number of aryl methyl sites for hydroxylation is 1. The SMILES string of the molecule is Cc1cccc(Nc2nnc(SC(C)C(=O)Nc3ccccc3C#N)s2)c1C. The molecule has 0 spiro atoms. The summed E-state index contributed by atoms with van der Waals surface area (Å²) in [5, 5.41) is 23.9. The van der Waals surface area contributed by atoms with E-state index in [1.807, 2.05) is 12.1 Å². The molecule has 6 nitrogen and oxygen atoms in total. The summed E-state index contributed by atoms with van der Waals surface area (Å²) in [6.45, 7) is 5.92. The number of hydrogen-bond donors (Lipinski definition) is 2. The minimum atomic E-state index is -0.381. The summed E-state index contributed by atoms with van der Waals surface area (Å²) in [4.78, 5) is 12.5. The second-order valence-electron chi connectivity index (χ2n) is 6.15. The molecule has 0 bridgehead atoms. The van der Waals surface area contributed by atoms with Gasteiger partial charge in [0.05, 0.1) is 16.5 Å². The van der Waals surface area contributed by atoms with E-state index in [4.69, 9.17) is 5.26 Å². The largest absolute Gasteiger partial charge is 0.330 e. The smallest absolute Gasteiger partial charge is 0.237 e. The zero-order valence-corrected chi connectivity index (χ0v) is 17.3. The van der Waals surface area contributed by atoms with E-state index in [1.54, 1.807) is 31.2 Å². The van der Waals surface area contributed by atoms with Crippen LogP contribution in [0.5, 0.6) is 0 Å². The van der Waals surface area contributed by atoms with Crippen LogP contribution >= 0.6 is 23.1 Å². The van der Waals surface area contributed by atoms with Crippen molar-refractivity contribution in [2.24, 2.45) is 0 Å². The first-order chi connectivity index (χ1) is 13.5. The Morgan fingerprint density at radius 1 is 1.14 bits per heavy atom. The molecule has 2 aromatic carbocycles. The summed E-state index contributed by atoms with van der Waals surface area (Å²) >= 11 is 2.73. The van der Waals surface area contributed by atoms with Crippen LogP contribution in [0.25, 0.3) is 0 Å². The van der Waals surface area contributed by atoms with E-state index in [0.717, 1.165) is 11.3 Å². The molecule has 1 heterocycles. The normalized spacial score (nSPS) is 11.5. The van der Waals surface area contributed by atoms with Crippen molar-refractivity contribution in [1.82, 2.24) is 10.2 Å². The molecule has 142 valence electrons. The van der Waals surface area contributed by atoms with E-state index in [0.29, 0.717) is 20.7 Å². The Labute approximate surface area is 172 Å². The average Bonchev–Trinajstić information content (AvgIpc) is 3.12.